The number of nitrogens with zero attached hydrogens (tertiary/aromatic N) is 4. The summed E-state index contributed by atoms with van der Waals surface area (Å²) in [7, 11) is 1.59. The Hall–Kier alpha value is -2.65. The van der Waals surface area contributed by atoms with Crippen LogP contribution in [0.1, 0.15) is 12.2 Å². The molecule has 10 heteroatoms. The second-order valence-electron chi connectivity index (χ2n) is 4.72. The molecule has 0 radical (unpaired) electrons. The second kappa shape index (κ2) is 5.38. The normalized spacial score (nSPS) is 18.5. The summed E-state index contributed by atoms with van der Waals surface area (Å²) in [5.41, 5.74) is 0. The monoisotopic (exact) mass is 297 g/mol. The van der Waals surface area contributed by atoms with Crippen molar-refractivity contribution in [2.45, 2.75) is 19.4 Å². The number of imidazole rings is 1. The lowest BCUT2D eigenvalue weighted by molar-refractivity contribution is -0.388. The number of carbonyl (C=O) groups is 2. The van der Waals surface area contributed by atoms with Gasteiger partial charge < -0.3 is 25.4 Å². The van der Waals surface area contributed by atoms with Crippen LogP contribution in [0.5, 0.6) is 0 Å². The molecule has 1 unspecified atom stereocenters. The number of aryl methyl sites for hydroxylation is 1. The summed E-state index contributed by atoms with van der Waals surface area (Å²) in [4.78, 5) is 38.6. The first kappa shape index (κ1) is 14.8. The molecule has 2 heterocycles. The molecule has 0 saturated carbocycles. The zero-order valence-electron chi connectivity index (χ0n) is 11.6. The number of piperazine rings is 1. The number of carboxylic acids is 1. The molecule has 1 atom stereocenters. The fourth-order valence-electron chi connectivity index (χ4n) is 2.36. The number of nitrogens with one attached hydrogen (secondary N) is 1. The first-order valence-electron chi connectivity index (χ1n) is 6.26. The van der Waals surface area contributed by atoms with Crippen LogP contribution in [0.4, 0.5) is 11.6 Å². The van der Waals surface area contributed by atoms with E-state index in [9.17, 15) is 19.7 Å². The summed E-state index contributed by atoms with van der Waals surface area (Å²) in [6.45, 7) is 2.17. The smallest absolute Gasteiger partial charge is 0.406 e. The Morgan fingerprint density at radius 2 is 2.29 bits per heavy atom. The van der Waals surface area contributed by atoms with E-state index in [0.717, 1.165) is 0 Å². The maximum atomic E-state index is 11.9. The van der Waals surface area contributed by atoms with Crippen molar-refractivity contribution < 1.29 is 19.6 Å². The van der Waals surface area contributed by atoms with Crippen LogP contribution in [-0.2, 0) is 16.6 Å². The molecule has 2 N–H and O–H groups in total. The average molecular weight is 297 g/mol. The van der Waals surface area contributed by atoms with Crippen LogP contribution in [0.15, 0.2) is 0 Å². The summed E-state index contributed by atoms with van der Waals surface area (Å²) in [5.74, 6) is -1.42. The molecule has 1 aliphatic heterocycles. The van der Waals surface area contributed by atoms with E-state index in [1.165, 1.54) is 9.47 Å². The standard InChI is InChI=1S/C11H15N5O5/c1-6-13-9(16(20)21)11(14(6)2)15-4-3-12-10(19)7(15)5-8(17)18/h7H,3-5H2,1-2H3,(H,12,19)(H,17,18). The van der Waals surface area contributed by atoms with Crippen LogP contribution in [-0.4, -0.2) is 50.6 Å². The topological polar surface area (TPSA) is 131 Å². The summed E-state index contributed by atoms with van der Waals surface area (Å²) >= 11 is 0. The molecule has 114 valence electrons. The number of hydrogen-bond acceptors (Lipinski definition) is 6. The SMILES string of the molecule is Cc1nc([N+](=O)[O-])c(N2CCNC(=O)C2CC(=O)O)n1C. The number of anilines is 1. The largest absolute Gasteiger partial charge is 0.481 e. The minimum absolute atomic E-state index is 0.151. The van der Waals surface area contributed by atoms with Gasteiger partial charge in [-0.3, -0.25) is 14.2 Å². The van der Waals surface area contributed by atoms with Crippen molar-refractivity contribution in [3.05, 3.63) is 15.9 Å². The van der Waals surface area contributed by atoms with Crippen molar-refractivity contribution in [3.63, 3.8) is 0 Å². The first-order valence-corrected chi connectivity index (χ1v) is 6.26. The minimum Gasteiger partial charge on any atom is -0.481 e. The van der Waals surface area contributed by atoms with Crippen molar-refractivity contribution in [1.29, 1.82) is 0 Å². The number of carboxylic acid groups (broad SMARTS) is 1. The average Bonchev–Trinajstić information content (AvgIpc) is 2.68. The molecule has 1 amide bonds. The molecule has 21 heavy (non-hydrogen) atoms. The second-order valence-corrected chi connectivity index (χ2v) is 4.72. The van der Waals surface area contributed by atoms with Crippen LogP contribution in [0.3, 0.4) is 0 Å². The maximum absolute atomic E-state index is 11.9. The highest BCUT2D eigenvalue weighted by Crippen LogP contribution is 2.30. The molecule has 0 bridgehead atoms. The van der Waals surface area contributed by atoms with Gasteiger partial charge in [0.25, 0.3) is 0 Å². The summed E-state index contributed by atoms with van der Waals surface area (Å²) in [6, 6.07) is -0.996. The fourth-order valence-corrected chi connectivity index (χ4v) is 2.36. The number of aromatic nitrogens is 2. The Morgan fingerprint density at radius 1 is 1.62 bits per heavy atom. The van der Waals surface area contributed by atoms with Crippen LogP contribution in [0.2, 0.25) is 0 Å². The van der Waals surface area contributed by atoms with Gasteiger partial charge in [0.2, 0.25) is 17.5 Å². The van der Waals surface area contributed by atoms with Crippen LogP contribution >= 0.6 is 0 Å². The number of rotatable bonds is 4. The highest BCUT2D eigenvalue weighted by atomic mass is 16.6. The van der Waals surface area contributed by atoms with Gasteiger partial charge in [-0.25, -0.2) is 0 Å². The van der Waals surface area contributed by atoms with Gasteiger partial charge in [0.1, 0.15) is 6.04 Å². The quantitative estimate of drug-likeness (QED) is 0.561. The molecular weight excluding hydrogens is 282 g/mol. The molecule has 0 spiro atoms. The Balaban J connectivity index is 2.49. The van der Waals surface area contributed by atoms with E-state index in [2.05, 4.69) is 10.3 Å². The van der Waals surface area contributed by atoms with Crippen molar-refractivity contribution in [1.82, 2.24) is 14.9 Å². The van der Waals surface area contributed by atoms with Gasteiger partial charge in [0.15, 0.2) is 0 Å². The first-order chi connectivity index (χ1) is 9.82. The van der Waals surface area contributed by atoms with Gasteiger partial charge >= 0.3 is 11.8 Å². The number of carbonyl (C=O) groups excluding carboxylic acids is 1. The van der Waals surface area contributed by atoms with Crippen molar-refractivity contribution in [2.24, 2.45) is 7.05 Å². The third-order valence-electron chi connectivity index (χ3n) is 3.41. The van der Waals surface area contributed by atoms with E-state index in [1.807, 2.05) is 0 Å². The van der Waals surface area contributed by atoms with Crippen LogP contribution in [0.25, 0.3) is 0 Å². The Labute approximate surface area is 119 Å². The van der Waals surface area contributed by atoms with Gasteiger partial charge in [0.05, 0.1) is 6.42 Å². The lowest BCUT2D eigenvalue weighted by Crippen LogP contribution is -2.56. The highest BCUT2D eigenvalue weighted by Gasteiger charge is 2.38. The Bertz CT molecular complexity index is 610. The van der Waals surface area contributed by atoms with Gasteiger partial charge in [-0.05, 0) is 9.91 Å². The van der Waals surface area contributed by atoms with Crippen molar-refractivity contribution >= 4 is 23.5 Å². The Kier molecular flexibility index (Phi) is 3.78. The molecule has 1 aliphatic rings. The van der Waals surface area contributed by atoms with Gasteiger partial charge in [-0.2, -0.15) is 0 Å². The summed E-state index contributed by atoms with van der Waals surface area (Å²) in [6.07, 6.45) is -0.437. The highest BCUT2D eigenvalue weighted by molar-refractivity contribution is 5.90. The predicted molar refractivity (Wildman–Crippen MR) is 71.0 cm³/mol. The van der Waals surface area contributed by atoms with E-state index in [1.54, 1.807) is 14.0 Å². The third-order valence-corrected chi connectivity index (χ3v) is 3.41. The van der Waals surface area contributed by atoms with Crippen LogP contribution in [0, 0.1) is 17.0 Å². The summed E-state index contributed by atoms with van der Waals surface area (Å²) < 4.78 is 1.49. The molecular formula is C11H15N5O5. The number of amides is 1. The fraction of sp³-hybridized carbons (Fsp3) is 0.545. The van der Waals surface area contributed by atoms with Crippen LogP contribution < -0.4 is 10.2 Å². The molecule has 2 rings (SSSR count). The van der Waals surface area contributed by atoms with Gasteiger partial charge in [-0.15, -0.1) is 0 Å². The number of nitro groups is 1. The minimum atomic E-state index is -1.15. The molecule has 0 aromatic carbocycles. The molecule has 10 nitrogen and oxygen atoms in total. The lowest BCUT2D eigenvalue weighted by atomic mass is 10.1. The molecule has 1 aromatic heterocycles. The van der Waals surface area contributed by atoms with E-state index < -0.39 is 29.3 Å². The molecule has 1 saturated heterocycles. The third kappa shape index (κ3) is 2.64. The van der Waals surface area contributed by atoms with Gasteiger partial charge in [0, 0.05) is 27.1 Å². The van der Waals surface area contributed by atoms with E-state index in [-0.39, 0.29) is 24.7 Å². The molecule has 1 fully saturated rings. The summed E-state index contributed by atoms with van der Waals surface area (Å²) in [5, 5.41) is 22.6. The van der Waals surface area contributed by atoms with Gasteiger partial charge in [-0.1, -0.05) is 0 Å². The number of hydrogen-bond donors (Lipinski definition) is 2. The molecule has 0 aliphatic carbocycles. The van der Waals surface area contributed by atoms with Crippen molar-refractivity contribution in [3.8, 4) is 0 Å². The zero-order valence-corrected chi connectivity index (χ0v) is 11.6. The maximum Gasteiger partial charge on any atom is 0.406 e. The van der Waals surface area contributed by atoms with Crippen molar-refractivity contribution in [2.75, 3.05) is 18.0 Å². The van der Waals surface area contributed by atoms with E-state index >= 15 is 0 Å². The Morgan fingerprint density at radius 3 is 2.86 bits per heavy atom. The number of aliphatic carboxylic acids is 1. The lowest BCUT2D eigenvalue weighted by Gasteiger charge is -2.35. The predicted octanol–water partition coefficient (Wildman–Crippen LogP) is -0.584. The van der Waals surface area contributed by atoms with E-state index in [0.29, 0.717) is 5.82 Å². The zero-order chi connectivity index (χ0) is 15.7. The van der Waals surface area contributed by atoms with E-state index in [4.69, 9.17) is 5.11 Å². The molecule has 1 aromatic rings.